The fourth-order valence-corrected chi connectivity index (χ4v) is 2.16. The van der Waals surface area contributed by atoms with Gasteiger partial charge in [0.05, 0.1) is 5.56 Å². The van der Waals surface area contributed by atoms with Crippen LogP contribution in [0.15, 0.2) is 24.3 Å². The molecular weight excluding hydrogens is 317 g/mol. The van der Waals surface area contributed by atoms with Crippen LogP contribution in [-0.4, -0.2) is 24.9 Å². The van der Waals surface area contributed by atoms with Gasteiger partial charge in [-0.1, -0.05) is 19.1 Å². The van der Waals surface area contributed by atoms with Crippen molar-refractivity contribution < 1.29 is 18.0 Å². The van der Waals surface area contributed by atoms with Gasteiger partial charge in [0.2, 0.25) is 5.91 Å². The molecule has 0 saturated carbocycles. The van der Waals surface area contributed by atoms with Crippen LogP contribution in [0.2, 0.25) is 0 Å². The van der Waals surface area contributed by atoms with E-state index in [9.17, 15) is 18.0 Å². The number of carbonyl (C=O) groups is 1. The van der Waals surface area contributed by atoms with Crippen molar-refractivity contribution in [2.45, 2.75) is 25.4 Å². The van der Waals surface area contributed by atoms with Crippen molar-refractivity contribution in [3.8, 4) is 0 Å². The third-order valence-electron chi connectivity index (χ3n) is 3.44. The maximum Gasteiger partial charge on any atom is 0.416 e. The summed E-state index contributed by atoms with van der Waals surface area (Å²) in [5, 5.41) is 2.74. The molecule has 0 bridgehead atoms. The van der Waals surface area contributed by atoms with Crippen molar-refractivity contribution in [3.63, 3.8) is 0 Å². The molecule has 2 atom stereocenters. The van der Waals surface area contributed by atoms with Crippen molar-refractivity contribution in [1.82, 2.24) is 5.32 Å². The number of benzene rings is 1. The Morgan fingerprint density at radius 2 is 1.91 bits per heavy atom. The molecule has 1 rings (SSSR count). The molecule has 1 amide bonds. The third kappa shape index (κ3) is 5.85. The number of nitrogens with one attached hydrogen (secondary N) is 1. The van der Waals surface area contributed by atoms with Gasteiger partial charge in [-0.3, -0.25) is 4.79 Å². The van der Waals surface area contributed by atoms with Gasteiger partial charge < -0.3 is 11.1 Å². The molecule has 0 fully saturated rings. The zero-order valence-corrected chi connectivity index (χ0v) is 13.0. The Labute approximate surface area is 133 Å². The van der Waals surface area contributed by atoms with Gasteiger partial charge in [-0.25, -0.2) is 0 Å². The van der Waals surface area contributed by atoms with Crippen LogP contribution in [0.4, 0.5) is 13.2 Å². The molecule has 2 unspecified atom stereocenters. The molecule has 124 valence electrons. The highest BCUT2D eigenvalue weighted by atomic mass is 35.5. The predicted octanol–water partition coefficient (Wildman–Crippen LogP) is 3.13. The number of nitrogens with two attached hydrogens (primary N) is 1. The normalized spacial score (nSPS) is 14.5. The summed E-state index contributed by atoms with van der Waals surface area (Å²) in [5.41, 5.74) is 5.48. The molecule has 7 heteroatoms. The van der Waals surface area contributed by atoms with E-state index in [0.29, 0.717) is 24.5 Å². The number of hydrogen-bond donors (Lipinski definition) is 2. The summed E-state index contributed by atoms with van der Waals surface area (Å²) in [6, 6.07) is 4.87. The molecule has 22 heavy (non-hydrogen) atoms. The quantitative estimate of drug-likeness (QED) is 0.752. The van der Waals surface area contributed by atoms with Gasteiger partial charge in [0.25, 0.3) is 0 Å². The smallest absolute Gasteiger partial charge is 0.356 e. The number of alkyl halides is 4. The van der Waals surface area contributed by atoms with E-state index in [-0.39, 0.29) is 24.2 Å². The number of amides is 1. The molecule has 0 aliphatic rings. The topological polar surface area (TPSA) is 55.1 Å². The molecule has 1 aromatic rings. The summed E-state index contributed by atoms with van der Waals surface area (Å²) in [6.07, 6.45) is -4.15. The molecule has 0 aliphatic carbocycles. The standard InChI is InChI=1S/C15H20ClF3N2O/c1-10(6-14(22)21-9-11(7-16)8-20)12-2-4-13(5-3-12)15(17,18)19/h2-5,10-11H,6-9,20H2,1H3,(H,21,22). The number of hydrogen-bond acceptors (Lipinski definition) is 2. The second kappa shape index (κ2) is 8.39. The van der Waals surface area contributed by atoms with Gasteiger partial charge in [0, 0.05) is 24.8 Å². The fourth-order valence-electron chi connectivity index (χ4n) is 1.93. The average Bonchev–Trinajstić information content (AvgIpc) is 2.47. The molecule has 0 radical (unpaired) electrons. The molecule has 0 spiro atoms. The van der Waals surface area contributed by atoms with Crippen molar-refractivity contribution in [2.24, 2.45) is 11.7 Å². The van der Waals surface area contributed by atoms with Gasteiger partial charge in [0.15, 0.2) is 0 Å². The number of carbonyl (C=O) groups excluding carboxylic acids is 1. The SMILES string of the molecule is CC(CC(=O)NCC(CN)CCl)c1ccc(C(F)(F)F)cc1. The second-order valence-electron chi connectivity index (χ2n) is 5.29. The zero-order chi connectivity index (χ0) is 16.8. The average molecular weight is 337 g/mol. The lowest BCUT2D eigenvalue weighted by atomic mass is 9.96. The Bertz CT molecular complexity index is 473. The van der Waals surface area contributed by atoms with Crippen LogP contribution in [0.3, 0.4) is 0 Å². The minimum Gasteiger partial charge on any atom is -0.356 e. The Balaban J connectivity index is 2.54. The molecule has 3 N–H and O–H groups in total. The van der Waals surface area contributed by atoms with Crippen LogP contribution in [0.5, 0.6) is 0 Å². The van der Waals surface area contributed by atoms with Crippen molar-refractivity contribution in [1.29, 1.82) is 0 Å². The fraction of sp³-hybridized carbons (Fsp3) is 0.533. The first-order valence-corrected chi connectivity index (χ1v) is 7.51. The van der Waals surface area contributed by atoms with Crippen LogP contribution < -0.4 is 11.1 Å². The third-order valence-corrected chi connectivity index (χ3v) is 3.87. The first kappa shape index (κ1) is 18.8. The first-order valence-electron chi connectivity index (χ1n) is 6.97. The maximum absolute atomic E-state index is 12.5. The van der Waals surface area contributed by atoms with Gasteiger partial charge in [-0.15, -0.1) is 11.6 Å². The predicted molar refractivity (Wildman–Crippen MR) is 80.8 cm³/mol. The minimum atomic E-state index is -4.35. The van der Waals surface area contributed by atoms with Gasteiger partial charge in [-0.05, 0) is 30.2 Å². The molecule has 3 nitrogen and oxygen atoms in total. The summed E-state index contributed by atoms with van der Waals surface area (Å²) in [7, 11) is 0. The molecule has 0 aromatic heterocycles. The van der Waals surface area contributed by atoms with E-state index in [1.807, 2.05) is 0 Å². The maximum atomic E-state index is 12.5. The Morgan fingerprint density at radius 3 is 2.36 bits per heavy atom. The summed E-state index contributed by atoms with van der Waals surface area (Å²) in [4.78, 5) is 11.8. The van der Waals surface area contributed by atoms with E-state index in [1.54, 1.807) is 6.92 Å². The molecule has 1 aromatic carbocycles. The summed E-state index contributed by atoms with van der Waals surface area (Å²) >= 11 is 5.68. The second-order valence-corrected chi connectivity index (χ2v) is 5.59. The van der Waals surface area contributed by atoms with Crippen molar-refractivity contribution >= 4 is 17.5 Å². The van der Waals surface area contributed by atoms with Crippen molar-refractivity contribution in [3.05, 3.63) is 35.4 Å². The van der Waals surface area contributed by atoms with Crippen LogP contribution in [-0.2, 0) is 11.0 Å². The lowest BCUT2D eigenvalue weighted by Crippen LogP contribution is -2.34. The van der Waals surface area contributed by atoms with Crippen LogP contribution in [0.25, 0.3) is 0 Å². The largest absolute Gasteiger partial charge is 0.416 e. The van der Waals surface area contributed by atoms with Crippen LogP contribution >= 0.6 is 11.6 Å². The van der Waals surface area contributed by atoms with Crippen LogP contribution in [0, 0.1) is 5.92 Å². The summed E-state index contributed by atoms with van der Waals surface area (Å²) in [6.45, 7) is 2.58. The Hall–Kier alpha value is -1.27. The summed E-state index contributed by atoms with van der Waals surface area (Å²) in [5.74, 6) is 0.0446. The highest BCUT2D eigenvalue weighted by molar-refractivity contribution is 6.18. The number of halogens is 4. The number of rotatable bonds is 7. The first-order chi connectivity index (χ1) is 10.3. The molecule has 0 heterocycles. The monoisotopic (exact) mass is 336 g/mol. The van der Waals surface area contributed by atoms with E-state index in [4.69, 9.17) is 17.3 Å². The Kier molecular flexibility index (Phi) is 7.16. The van der Waals surface area contributed by atoms with E-state index in [1.165, 1.54) is 12.1 Å². The van der Waals surface area contributed by atoms with Gasteiger partial charge in [-0.2, -0.15) is 13.2 Å². The van der Waals surface area contributed by atoms with Gasteiger partial charge in [0.1, 0.15) is 0 Å². The van der Waals surface area contributed by atoms with Crippen LogP contribution in [0.1, 0.15) is 30.4 Å². The van der Waals surface area contributed by atoms with Gasteiger partial charge >= 0.3 is 6.18 Å². The van der Waals surface area contributed by atoms with E-state index in [0.717, 1.165) is 12.1 Å². The lowest BCUT2D eigenvalue weighted by molar-refractivity contribution is -0.137. The Morgan fingerprint density at radius 1 is 1.32 bits per heavy atom. The minimum absolute atomic E-state index is 0.0204. The zero-order valence-electron chi connectivity index (χ0n) is 12.3. The molecular formula is C15H20ClF3N2O. The molecule has 0 saturated heterocycles. The van der Waals surface area contributed by atoms with E-state index in [2.05, 4.69) is 5.32 Å². The van der Waals surface area contributed by atoms with E-state index < -0.39 is 11.7 Å². The highest BCUT2D eigenvalue weighted by Crippen LogP contribution is 2.30. The lowest BCUT2D eigenvalue weighted by Gasteiger charge is -2.15. The van der Waals surface area contributed by atoms with Crippen molar-refractivity contribution in [2.75, 3.05) is 19.0 Å². The summed E-state index contributed by atoms with van der Waals surface area (Å²) < 4.78 is 37.5. The highest BCUT2D eigenvalue weighted by Gasteiger charge is 2.30. The molecule has 0 aliphatic heterocycles. The van der Waals surface area contributed by atoms with E-state index >= 15 is 0 Å².